The van der Waals surface area contributed by atoms with Crippen LogP contribution in [0.15, 0.2) is 52.7 Å². The first kappa shape index (κ1) is 18.7. The number of carbonyl (C=O) groups excluding carboxylic acids is 1. The van der Waals surface area contributed by atoms with Crippen molar-refractivity contribution in [3.8, 4) is 5.75 Å². The highest BCUT2D eigenvalue weighted by Crippen LogP contribution is 2.26. The Labute approximate surface area is 158 Å². The molecule has 2 aromatic heterocycles. The van der Waals surface area contributed by atoms with E-state index in [1.165, 1.54) is 35.8 Å². The molecule has 26 heavy (non-hydrogen) atoms. The fraction of sp³-hybridized carbons (Fsp3) is 0.118. The highest BCUT2D eigenvalue weighted by atomic mass is 32.2. The second-order valence-electron chi connectivity index (χ2n) is 5.19. The number of ketones is 1. The smallest absolute Gasteiger partial charge is 0.244 e. The standard InChI is InChI=1S/C17H14FNO4S3/c1-23-13-6-4-11(18)9-16(13)26(21,22)19-10-12-5-7-15(25-12)17(20)14-3-2-8-24-14/h2-9,19H,10H2,1H3. The molecule has 0 unspecified atom stereocenters. The molecule has 3 rings (SSSR count). The topological polar surface area (TPSA) is 72.5 Å². The largest absolute Gasteiger partial charge is 0.495 e. The molecule has 0 atom stereocenters. The van der Waals surface area contributed by atoms with E-state index in [9.17, 15) is 17.6 Å². The first-order valence-electron chi connectivity index (χ1n) is 7.41. The summed E-state index contributed by atoms with van der Waals surface area (Å²) in [5, 5.41) is 1.82. The number of benzene rings is 1. The highest BCUT2D eigenvalue weighted by molar-refractivity contribution is 7.89. The first-order chi connectivity index (χ1) is 12.4. The van der Waals surface area contributed by atoms with E-state index in [4.69, 9.17) is 4.74 Å². The van der Waals surface area contributed by atoms with Crippen LogP contribution in [0.3, 0.4) is 0 Å². The Kier molecular flexibility index (Phi) is 5.52. The van der Waals surface area contributed by atoms with Crippen molar-refractivity contribution < 1.29 is 22.3 Å². The number of halogens is 1. The van der Waals surface area contributed by atoms with Gasteiger partial charge in [-0.2, -0.15) is 0 Å². The fourth-order valence-electron chi connectivity index (χ4n) is 2.23. The van der Waals surface area contributed by atoms with Gasteiger partial charge in [0.25, 0.3) is 0 Å². The maximum Gasteiger partial charge on any atom is 0.244 e. The van der Waals surface area contributed by atoms with Crippen molar-refractivity contribution in [3.63, 3.8) is 0 Å². The minimum atomic E-state index is -3.97. The number of ether oxygens (including phenoxy) is 1. The molecular formula is C17H14FNO4S3. The van der Waals surface area contributed by atoms with Gasteiger partial charge in [-0.15, -0.1) is 22.7 Å². The van der Waals surface area contributed by atoms with Crippen LogP contribution < -0.4 is 9.46 Å². The predicted molar refractivity (Wildman–Crippen MR) is 99.0 cm³/mol. The van der Waals surface area contributed by atoms with Crippen LogP contribution >= 0.6 is 22.7 Å². The number of carbonyl (C=O) groups is 1. The van der Waals surface area contributed by atoms with E-state index in [-0.39, 0.29) is 23.0 Å². The van der Waals surface area contributed by atoms with Gasteiger partial charge in [0, 0.05) is 11.4 Å². The summed E-state index contributed by atoms with van der Waals surface area (Å²) in [6.07, 6.45) is 0. The van der Waals surface area contributed by atoms with Gasteiger partial charge in [-0.3, -0.25) is 4.79 Å². The summed E-state index contributed by atoms with van der Waals surface area (Å²) in [5.74, 6) is -0.712. The Morgan fingerprint density at radius 2 is 2.00 bits per heavy atom. The van der Waals surface area contributed by atoms with Crippen molar-refractivity contribution in [2.75, 3.05) is 7.11 Å². The minimum Gasteiger partial charge on any atom is -0.495 e. The third-order valence-electron chi connectivity index (χ3n) is 3.48. The van der Waals surface area contributed by atoms with E-state index in [0.717, 1.165) is 12.1 Å². The Morgan fingerprint density at radius 3 is 2.69 bits per heavy atom. The van der Waals surface area contributed by atoms with E-state index < -0.39 is 15.8 Å². The number of methoxy groups -OCH3 is 1. The number of hydrogen-bond acceptors (Lipinski definition) is 6. The van der Waals surface area contributed by atoms with Crippen molar-refractivity contribution in [1.29, 1.82) is 0 Å². The van der Waals surface area contributed by atoms with Gasteiger partial charge in [0.1, 0.15) is 16.5 Å². The molecule has 0 saturated heterocycles. The zero-order valence-electron chi connectivity index (χ0n) is 13.6. The molecule has 3 aromatic rings. The fourth-order valence-corrected chi connectivity index (χ4v) is 5.15. The van der Waals surface area contributed by atoms with Gasteiger partial charge < -0.3 is 4.74 Å². The van der Waals surface area contributed by atoms with Gasteiger partial charge in [0.2, 0.25) is 15.8 Å². The van der Waals surface area contributed by atoms with Crippen molar-refractivity contribution in [1.82, 2.24) is 4.72 Å². The third kappa shape index (κ3) is 4.01. The SMILES string of the molecule is COc1ccc(F)cc1S(=O)(=O)NCc1ccc(C(=O)c2cccs2)s1. The molecule has 0 amide bonds. The van der Waals surface area contributed by atoms with E-state index in [0.29, 0.717) is 14.6 Å². The number of thiophene rings is 2. The van der Waals surface area contributed by atoms with Gasteiger partial charge in [-0.1, -0.05) is 6.07 Å². The minimum absolute atomic E-state index is 0.00954. The zero-order chi connectivity index (χ0) is 18.7. The van der Waals surface area contributed by atoms with Crippen LogP contribution in [-0.2, 0) is 16.6 Å². The van der Waals surface area contributed by atoms with E-state index >= 15 is 0 Å². The maximum absolute atomic E-state index is 13.4. The summed E-state index contributed by atoms with van der Waals surface area (Å²) in [5.41, 5.74) is 0. The van der Waals surface area contributed by atoms with Crippen LogP contribution in [0.25, 0.3) is 0 Å². The van der Waals surface area contributed by atoms with Gasteiger partial charge in [-0.25, -0.2) is 17.5 Å². The van der Waals surface area contributed by atoms with Crippen LogP contribution in [0.5, 0.6) is 5.75 Å². The number of nitrogens with one attached hydrogen (secondary N) is 1. The number of hydrogen-bond donors (Lipinski definition) is 1. The van der Waals surface area contributed by atoms with Crippen LogP contribution in [0.1, 0.15) is 19.4 Å². The van der Waals surface area contributed by atoms with Crippen LogP contribution in [0.4, 0.5) is 4.39 Å². The number of rotatable bonds is 7. The van der Waals surface area contributed by atoms with Crippen molar-refractivity contribution >= 4 is 38.5 Å². The summed E-state index contributed by atoms with van der Waals surface area (Å²) in [7, 11) is -2.66. The Hall–Kier alpha value is -2.07. The van der Waals surface area contributed by atoms with E-state index in [1.807, 2.05) is 5.38 Å². The van der Waals surface area contributed by atoms with Gasteiger partial charge >= 0.3 is 0 Å². The summed E-state index contributed by atoms with van der Waals surface area (Å²) >= 11 is 2.56. The predicted octanol–water partition coefficient (Wildman–Crippen LogP) is 3.67. The van der Waals surface area contributed by atoms with E-state index in [2.05, 4.69) is 4.72 Å². The Balaban J connectivity index is 1.75. The lowest BCUT2D eigenvalue weighted by molar-refractivity contribution is 0.104. The molecule has 9 heteroatoms. The molecule has 5 nitrogen and oxygen atoms in total. The van der Waals surface area contributed by atoms with Crippen LogP contribution in [0, 0.1) is 5.82 Å². The average molecular weight is 412 g/mol. The summed E-state index contributed by atoms with van der Waals surface area (Å²) in [6, 6.07) is 10.2. The lowest BCUT2D eigenvalue weighted by Crippen LogP contribution is -2.23. The molecule has 0 aliphatic heterocycles. The molecule has 0 aliphatic rings. The van der Waals surface area contributed by atoms with Crippen molar-refractivity contribution in [2.24, 2.45) is 0 Å². The molecule has 0 fully saturated rings. The zero-order valence-corrected chi connectivity index (χ0v) is 16.0. The maximum atomic E-state index is 13.4. The molecule has 0 aliphatic carbocycles. The van der Waals surface area contributed by atoms with Crippen LogP contribution in [-0.4, -0.2) is 21.3 Å². The molecular weight excluding hydrogens is 397 g/mol. The van der Waals surface area contributed by atoms with Gasteiger partial charge in [-0.05, 0) is 41.8 Å². The molecule has 0 saturated carbocycles. The quantitative estimate of drug-likeness (QED) is 0.602. The first-order valence-corrected chi connectivity index (χ1v) is 10.6. The number of sulfonamides is 1. The molecule has 136 valence electrons. The van der Waals surface area contributed by atoms with E-state index in [1.54, 1.807) is 24.3 Å². The molecule has 2 heterocycles. The Morgan fingerprint density at radius 1 is 1.19 bits per heavy atom. The lowest BCUT2D eigenvalue weighted by Gasteiger charge is -2.10. The molecule has 0 radical (unpaired) electrons. The van der Waals surface area contributed by atoms with Crippen LogP contribution in [0.2, 0.25) is 0 Å². The summed E-state index contributed by atoms with van der Waals surface area (Å²) in [6.45, 7) is -0.00954. The van der Waals surface area contributed by atoms with Gasteiger partial charge in [0.05, 0.1) is 16.9 Å². The van der Waals surface area contributed by atoms with Crippen molar-refractivity contribution in [2.45, 2.75) is 11.4 Å². The molecule has 1 aromatic carbocycles. The summed E-state index contributed by atoms with van der Waals surface area (Å²) < 4.78 is 45.7. The second-order valence-corrected chi connectivity index (χ2v) is 9.04. The highest BCUT2D eigenvalue weighted by Gasteiger charge is 2.21. The second kappa shape index (κ2) is 7.67. The lowest BCUT2D eigenvalue weighted by atomic mass is 10.3. The average Bonchev–Trinajstić information content (AvgIpc) is 3.31. The monoisotopic (exact) mass is 411 g/mol. The molecule has 0 spiro atoms. The third-order valence-corrected chi connectivity index (χ3v) is 6.86. The van der Waals surface area contributed by atoms with Crippen molar-refractivity contribution in [3.05, 3.63) is 68.3 Å². The normalized spacial score (nSPS) is 11.5. The van der Waals surface area contributed by atoms with Gasteiger partial charge in [0.15, 0.2) is 0 Å². The molecule has 0 bridgehead atoms. The molecule has 1 N–H and O–H groups in total. The Bertz CT molecular complexity index is 1030. The summed E-state index contributed by atoms with van der Waals surface area (Å²) in [4.78, 5) is 13.8.